The SMILES string of the molecule is O=C(Cc1cccc(Cl)c1)NCCCc1ccc(Cl)cc1. The van der Waals surface area contributed by atoms with Crippen molar-refractivity contribution < 1.29 is 4.79 Å². The quantitative estimate of drug-likeness (QED) is 0.790. The first-order valence-electron chi connectivity index (χ1n) is 6.89. The molecule has 0 aliphatic rings. The second-order valence-electron chi connectivity index (χ2n) is 4.89. The lowest BCUT2D eigenvalue weighted by Gasteiger charge is -2.06. The van der Waals surface area contributed by atoms with E-state index in [4.69, 9.17) is 23.2 Å². The maximum Gasteiger partial charge on any atom is 0.224 e. The number of aryl methyl sites for hydroxylation is 1. The van der Waals surface area contributed by atoms with Crippen LogP contribution in [-0.2, 0) is 17.6 Å². The molecule has 2 nitrogen and oxygen atoms in total. The van der Waals surface area contributed by atoms with E-state index < -0.39 is 0 Å². The maximum atomic E-state index is 11.8. The average Bonchev–Trinajstić information content (AvgIpc) is 2.45. The van der Waals surface area contributed by atoms with Crippen molar-refractivity contribution in [2.75, 3.05) is 6.54 Å². The number of nitrogens with one attached hydrogen (secondary N) is 1. The Labute approximate surface area is 135 Å². The number of halogens is 2. The second kappa shape index (κ2) is 8.06. The molecule has 0 atom stereocenters. The fourth-order valence-corrected chi connectivity index (χ4v) is 2.41. The minimum Gasteiger partial charge on any atom is -0.356 e. The van der Waals surface area contributed by atoms with Crippen LogP contribution in [0.4, 0.5) is 0 Å². The molecule has 0 unspecified atom stereocenters. The fraction of sp³-hybridized carbons (Fsp3) is 0.235. The zero-order valence-electron chi connectivity index (χ0n) is 11.6. The van der Waals surface area contributed by atoms with Crippen molar-refractivity contribution in [2.24, 2.45) is 0 Å². The first-order valence-corrected chi connectivity index (χ1v) is 7.64. The van der Waals surface area contributed by atoms with Gasteiger partial charge in [-0.1, -0.05) is 47.5 Å². The molecule has 21 heavy (non-hydrogen) atoms. The van der Waals surface area contributed by atoms with Crippen LogP contribution in [0.5, 0.6) is 0 Å². The van der Waals surface area contributed by atoms with E-state index in [9.17, 15) is 4.79 Å². The molecule has 0 radical (unpaired) electrons. The fourth-order valence-electron chi connectivity index (χ4n) is 2.07. The molecule has 0 bridgehead atoms. The Morgan fingerprint density at radius 1 is 0.952 bits per heavy atom. The van der Waals surface area contributed by atoms with E-state index in [1.54, 1.807) is 6.07 Å². The summed E-state index contributed by atoms with van der Waals surface area (Å²) in [6, 6.07) is 15.2. The normalized spacial score (nSPS) is 10.4. The van der Waals surface area contributed by atoms with Gasteiger partial charge in [0.1, 0.15) is 0 Å². The maximum absolute atomic E-state index is 11.8. The molecule has 0 aliphatic carbocycles. The van der Waals surface area contributed by atoms with Crippen LogP contribution in [0.2, 0.25) is 10.0 Å². The van der Waals surface area contributed by atoms with Crippen LogP contribution in [0.25, 0.3) is 0 Å². The van der Waals surface area contributed by atoms with E-state index >= 15 is 0 Å². The Bertz CT molecular complexity index is 596. The van der Waals surface area contributed by atoms with Gasteiger partial charge in [-0.3, -0.25) is 4.79 Å². The van der Waals surface area contributed by atoms with E-state index in [1.807, 2.05) is 42.5 Å². The highest BCUT2D eigenvalue weighted by Gasteiger charge is 2.03. The van der Waals surface area contributed by atoms with Gasteiger partial charge in [0.15, 0.2) is 0 Å². The third-order valence-corrected chi connectivity index (χ3v) is 3.62. The Morgan fingerprint density at radius 3 is 2.43 bits per heavy atom. The van der Waals surface area contributed by atoms with Crippen LogP contribution in [-0.4, -0.2) is 12.5 Å². The molecule has 1 amide bonds. The molecule has 0 saturated heterocycles. The molecular weight excluding hydrogens is 305 g/mol. The van der Waals surface area contributed by atoms with Crippen LogP contribution >= 0.6 is 23.2 Å². The van der Waals surface area contributed by atoms with E-state index in [2.05, 4.69) is 5.32 Å². The molecule has 2 aromatic rings. The highest BCUT2D eigenvalue weighted by molar-refractivity contribution is 6.30. The van der Waals surface area contributed by atoms with Gasteiger partial charge in [-0.25, -0.2) is 0 Å². The number of hydrogen-bond donors (Lipinski definition) is 1. The van der Waals surface area contributed by atoms with E-state index in [-0.39, 0.29) is 5.91 Å². The van der Waals surface area contributed by atoms with Crippen molar-refractivity contribution in [3.63, 3.8) is 0 Å². The lowest BCUT2D eigenvalue weighted by molar-refractivity contribution is -0.120. The summed E-state index contributed by atoms with van der Waals surface area (Å²) in [7, 11) is 0. The summed E-state index contributed by atoms with van der Waals surface area (Å²) in [4.78, 5) is 11.8. The summed E-state index contributed by atoms with van der Waals surface area (Å²) in [6.45, 7) is 0.669. The first-order chi connectivity index (χ1) is 10.1. The highest BCUT2D eigenvalue weighted by atomic mass is 35.5. The van der Waals surface area contributed by atoms with Crippen LogP contribution in [0.1, 0.15) is 17.5 Å². The second-order valence-corrected chi connectivity index (χ2v) is 5.76. The Kier molecular flexibility index (Phi) is 6.09. The molecule has 0 aliphatic heterocycles. The van der Waals surface area contributed by atoms with Crippen LogP contribution in [0.15, 0.2) is 48.5 Å². The van der Waals surface area contributed by atoms with Crippen LogP contribution in [0, 0.1) is 0 Å². The van der Waals surface area contributed by atoms with Gasteiger partial charge in [-0.2, -0.15) is 0 Å². The molecule has 4 heteroatoms. The van der Waals surface area contributed by atoms with Gasteiger partial charge in [0.2, 0.25) is 5.91 Å². The van der Waals surface area contributed by atoms with Gasteiger partial charge in [-0.05, 0) is 48.2 Å². The minimum absolute atomic E-state index is 0.0216. The number of hydrogen-bond acceptors (Lipinski definition) is 1. The van der Waals surface area contributed by atoms with Gasteiger partial charge >= 0.3 is 0 Å². The van der Waals surface area contributed by atoms with Crippen molar-refractivity contribution in [2.45, 2.75) is 19.3 Å². The smallest absolute Gasteiger partial charge is 0.224 e. The summed E-state index contributed by atoms with van der Waals surface area (Å²) >= 11 is 11.7. The summed E-state index contributed by atoms with van der Waals surface area (Å²) in [6.07, 6.45) is 2.19. The molecular formula is C17H17Cl2NO. The molecule has 1 N–H and O–H groups in total. The molecule has 110 valence electrons. The summed E-state index contributed by atoms with van der Waals surface area (Å²) in [5, 5.41) is 4.32. The average molecular weight is 322 g/mol. The third kappa shape index (κ3) is 5.78. The van der Waals surface area contributed by atoms with Crippen molar-refractivity contribution in [1.82, 2.24) is 5.32 Å². The predicted octanol–water partition coefficient (Wildman–Crippen LogP) is 4.28. The number of benzene rings is 2. The standard InChI is InChI=1S/C17H17Cl2NO/c18-15-8-6-13(7-9-15)4-2-10-20-17(21)12-14-3-1-5-16(19)11-14/h1,3,5-9,11H,2,4,10,12H2,(H,20,21). The molecule has 0 fully saturated rings. The number of rotatable bonds is 6. The van der Waals surface area contributed by atoms with Crippen molar-refractivity contribution >= 4 is 29.1 Å². The zero-order valence-corrected chi connectivity index (χ0v) is 13.1. The summed E-state index contributed by atoms with van der Waals surface area (Å²) in [5.41, 5.74) is 2.15. The van der Waals surface area contributed by atoms with Gasteiger partial charge in [0.25, 0.3) is 0 Å². The third-order valence-electron chi connectivity index (χ3n) is 3.13. The lowest BCUT2D eigenvalue weighted by Crippen LogP contribution is -2.26. The molecule has 0 spiro atoms. The minimum atomic E-state index is 0.0216. The summed E-state index contributed by atoms with van der Waals surface area (Å²) in [5.74, 6) is 0.0216. The molecule has 2 rings (SSSR count). The van der Waals surface area contributed by atoms with Gasteiger partial charge in [-0.15, -0.1) is 0 Å². The number of carbonyl (C=O) groups is 1. The molecule has 0 saturated carbocycles. The predicted molar refractivity (Wildman–Crippen MR) is 87.9 cm³/mol. The topological polar surface area (TPSA) is 29.1 Å². The number of amides is 1. The summed E-state index contributed by atoms with van der Waals surface area (Å²) < 4.78 is 0. The van der Waals surface area contributed by atoms with Crippen molar-refractivity contribution in [3.8, 4) is 0 Å². The van der Waals surface area contributed by atoms with E-state index in [0.29, 0.717) is 18.0 Å². The van der Waals surface area contributed by atoms with Gasteiger partial charge < -0.3 is 5.32 Å². The lowest BCUT2D eigenvalue weighted by atomic mass is 10.1. The van der Waals surface area contributed by atoms with E-state index in [0.717, 1.165) is 23.4 Å². The van der Waals surface area contributed by atoms with Gasteiger partial charge in [0.05, 0.1) is 6.42 Å². The van der Waals surface area contributed by atoms with Crippen molar-refractivity contribution in [1.29, 1.82) is 0 Å². The molecule has 0 aromatic heterocycles. The molecule has 2 aromatic carbocycles. The monoisotopic (exact) mass is 321 g/mol. The number of carbonyl (C=O) groups excluding carboxylic acids is 1. The van der Waals surface area contributed by atoms with Crippen LogP contribution in [0.3, 0.4) is 0 Å². The van der Waals surface area contributed by atoms with Crippen LogP contribution < -0.4 is 5.32 Å². The van der Waals surface area contributed by atoms with Crippen molar-refractivity contribution in [3.05, 3.63) is 69.7 Å². The Hall–Kier alpha value is -1.51. The zero-order chi connectivity index (χ0) is 15.1. The van der Waals surface area contributed by atoms with Gasteiger partial charge in [0, 0.05) is 16.6 Å². The Morgan fingerprint density at radius 2 is 1.71 bits per heavy atom. The first kappa shape index (κ1) is 15.9. The highest BCUT2D eigenvalue weighted by Crippen LogP contribution is 2.12. The molecule has 0 heterocycles. The largest absolute Gasteiger partial charge is 0.356 e. The van der Waals surface area contributed by atoms with E-state index in [1.165, 1.54) is 5.56 Å². The Balaban J connectivity index is 1.68.